The van der Waals surface area contributed by atoms with Gasteiger partial charge in [-0.2, -0.15) is 0 Å². The Kier molecular flexibility index (Phi) is 4.92. The van der Waals surface area contributed by atoms with Gasteiger partial charge in [-0.15, -0.1) is 0 Å². The van der Waals surface area contributed by atoms with Crippen LogP contribution in [0.2, 0.25) is 0 Å². The first-order valence-corrected chi connectivity index (χ1v) is 7.15. The molecule has 0 atom stereocenters. The van der Waals surface area contributed by atoms with Crippen LogP contribution in [-0.2, 0) is 6.42 Å². The number of anilines is 1. The highest BCUT2D eigenvalue weighted by Gasteiger charge is 2.09. The van der Waals surface area contributed by atoms with Crippen LogP contribution in [0, 0.1) is 0 Å². The van der Waals surface area contributed by atoms with E-state index in [1.165, 1.54) is 0 Å². The third-order valence-electron chi connectivity index (χ3n) is 2.84. The summed E-state index contributed by atoms with van der Waals surface area (Å²) in [6.07, 6.45) is 1.91. The van der Waals surface area contributed by atoms with Gasteiger partial charge < -0.3 is 10.2 Å². The normalized spacial score (nSPS) is 10.4. The van der Waals surface area contributed by atoms with Crippen molar-refractivity contribution in [3.63, 3.8) is 0 Å². The van der Waals surface area contributed by atoms with E-state index in [0.29, 0.717) is 11.6 Å². The minimum absolute atomic E-state index is 0.616. The van der Waals surface area contributed by atoms with E-state index in [1.54, 1.807) is 7.11 Å². The number of benzene rings is 1. The third kappa shape index (κ3) is 3.26. The first-order chi connectivity index (χ1) is 9.67. The Bertz CT molecular complexity index is 604. The van der Waals surface area contributed by atoms with Gasteiger partial charge in [-0.3, -0.25) is 0 Å². The van der Waals surface area contributed by atoms with E-state index in [1.807, 2.05) is 24.3 Å². The Labute approximate surface area is 126 Å². The van der Waals surface area contributed by atoms with Gasteiger partial charge in [0.25, 0.3) is 0 Å². The van der Waals surface area contributed by atoms with E-state index >= 15 is 0 Å². The lowest BCUT2D eigenvalue weighted by Gasteiger charge is -2.09. The van der Waals surface area contributed by atoms with Gasteiger partial charge in [-0.25, -0.2) is 15.8 Å². The molecule has 6 heteroatoms. The minimum atomic E-state index is 0.616. The van der Waals surface area contributed by atoms with E-state index in [2.05, 4.69) is 38.2 Å². The Hall–Kier alpha value is -1.66. The Morgan fingerprint density at radius 1 is 1.30 bits per heavy atom. The number of nitrogens with zero attached hydrogens (tertiary/aromatic N) is 2. The molecule has 0 bridgehead atoms. The van der Waals surface area contributed by atoms with Crippen molar-refractivity contribution in [1.29, 1.82) is 0 Å². The molecule has 2 rings (SSSR count). The van der Waals surface area contributed by atoms with Gasteiger partial charge in [-0.05, 0) is 40.5 Å². The van der Waals surface area contributed by atoms with Crippen molar-refractivity contribution in [1.82, 2.24) is 9.97 Å². The summed E-state index contributed by atoms with van der Waals surface area (Å²) < 4.78 is 6.09. The highest BCUT2D eigenvalue weighted by atomic mass is 79.9. The Morgan fingerprint density at radius 2 is 2.10 bits per heavy atom. The van der Waals surface area contributed by atoms with Gasteiger partial charge >= 0.3 is 0 Å². The molecule has 0 fully saturated rings. The van der Waals surface area contributed by atoms with E-state index in [9.17, 15) is 0 Å². The second kappa shape index (κ2) is 6.67. The highest BCUT2D eigenvalue weighted by Crippen LogP contribution is 2.29. The second-order valence-electron chi connectivity index (χ2n) is 4.31. The maximum Gasteiger partial charge on any atom is 0.161 e. The minimum Gasteiger partial charge on any atom is -0.496 e. The number of hydrazine groups is 1. The summed E-state index contributed by atoms with van der Waals surface area (Å²) in [5, 5.41) is 0. The molecule has 1 heterocycles. The molecule has 106 valence electrons. The van der Waals surface area contributed by atoms with E-state index in [4.69, 9.17) is 10.6 Å². The molecular formula is C14H17BrN4O. The molecule has 2 aromatic rings. The number of nitrogens with two attached hydrogens (primary N) is 1. The molecule has 0 amide bonds. The van der Waals surface area contributed by atoms with Crippen LogP contribution in [-0.4, -0.2) is 17.1 Å². The highest BCUT2D eigenvalue weighted by molar-refractivity contribution is 9.10. The smallest absolute Gasteiger partial charge is 0.161 e. The maximum atomic E-state index is 5.47. The second-order valence-corrected chi connectivity index (χ2v) is 5.17. The first kappa shape index (κ1) is 14.7. The molecule has 0 aliphatic heterocycles. The SMILES string of the molecule is CCCc1cc(NN)nc(-c2ccc(OC)c(Br)c2)n1. The first-order valence-electron chi connectivity index (χ1n) is 6.36. The van der Waals surface area contributed by atoms with Crippen molar-refractivity contribution >= 4 is 21.7 Å². The van der Waals surface area contributed by atoms with Crippen LogP contribution in [0.1, 0.15) is 19.0 Å². The van der Waals surface area contributed by atoms with Crippen molar-refractivity contribution in [2.24, 2.45) is 5.84 Å². The van der Waals surface area contributed by atoms with Crippen LogP contribution in [0.25, 0.3) is 11.4 Å². The number of ether oxygens (including phenoxy) is 1. The molecular weight excluding hydrogens is 320 g/mol. The van der Waals surface area contributed by atoms with Crippen LogP contribution in [0.4, 0.5) is 5.82 Å². The average Bonchev–Trinajstić information content (AvgIpc) is 2.47. The molecule has 1 aromatic carbocycles. The van der Waals surface area contributed by atoms with Gasteiger partial charge in [0.2, 0.25) is 0 Å². The van der Waals surface area contributed by atoms with Gasteiger partial charge in [0, 0.05) is 17.3 Å². The van der Waals surface area contributed by atoms with Crippen LogP contribution in [0.5, 0.6) is 5.75 Å². The zero-order chi connectivity index (χ0) is 14.5. The van der Waals surface area contributed by atoms with Crippen molar-refractivity contribution in [3.05, 3.63) is 34.4 Å². The fourth-order valence-electron chi connectivity index (χ4n) is 1.89. The number of aryl methyl sites for hydroxylation is 1. The zero-order valence-corrected chi connectivity index (χ0v) is 13.1. The van der Waals surface area contributed by atoms with E-state index < -0.39 is 0 Å². The molecule has 3 N–H and O–H groups in total. The number of hydrogen-bond acceptors (Lipinski definition) is 5. The molecule has 0 unspecified atom stereocenters. The van der Waals surface area contributed by atoms with Gasteiger partial charge in [0.1, 0.15) is 11.6 Å². The summed E-state index contributed by atoms with van der Waals surface area (Å²) in [5.41, 5.74) is 4.46. The molecule has 0 aliphatic carbocycles. The van der Waals surface area contributed by atoms with Crippen molar-refractivity contribution < 1.29 is 4.74 Å². The average molecular weight is 337 g/mol. The molecule has 0 radical (unpaired) electrons. The molecule has 20 heavy (non-hydrogen) atoms. The Balaban J connectivity index is 2.45. The molecule has 0 saturated carbocycles. The van der Waals surface area contributed by atoms with Crippen molar-refractivity contribution in [2.45, 2.75) is 19.8 Å². The number of halogens is 1. The largest absolute Gasteiger partial charge is 0.496 e. The van der Waals surface area contributed by atoms with Crippen LogP contribution >= 0.6 is 15.9 Å². The van der Waals surface area contributed by atoms with Gasteiger partial charge in [0.15, 0.2) is 5.82 Å². The number of aromatic nitrogens is 2. The number of hydrogen-bond donors (Lipinski definition) is 2. The third-order valence-corrected chi connectivity index (χ3v) is 3.46. The summed E-state index contributed by atoms with van der Waals surface area (Å²) >= 11 is 3.47. The monoisotopic (exact) mass is 336 g/mol. The van der Waals surface area contributed by atoms with Gasteiger partial charge in [-0.1, -0.05) is 13.3 Å². The molecule has 0 spiro atoms. The molecule has 1 aromatic heterocycles. The maximum absolute atomic E-state index is 5.47. The number of methoxy groups -OCH3 is 1. The number of nitrogens with one attached hydrogen (secondary N) is 1. The quantitative estimate of drug-likeness (QED) is 0.648. The summed E-state index contributed by atoms with van der Waals surface area (Å²) in [6.45, 7) is 2.11. The topological polar surface area (TPSA) is 73.1 Å². The molecule has 0 aliphatic rings. The lowest BCUT2D eigenvalue weighted by molar-refractivity contribution is 0.412. The lowest BCUT2D eigenvalue weighted by atomic mass is 10.2. The fraction of sp³-hybridized carbons (Fsp3) is 0.286. The predicted octanol–water partition coefficient (Wildman–Crippen LogP) is 3.15. The summed E-state index contributed by atoms with van der Waals surface area (Å²) in [4.78, 5) is 8.96. The molecule has 5 nitrogen and oxygen atoms in total. The van der Waals surface area contributed by atoms with Crippen molar-refractivity contribution in [3.8, 4) is 17.1 Å². The summed E-state index contributed by atoms with van der Waals surface area (Å²) in [6, 6.07) is 7.61. The van der Waals surface area contributed by atoms with E-state index in [-0.39, 0.29) is 0 Å². The Morgan fingerprint density at radius 3 is 2.70 bits per heavy atom. The summed E-state index contributed by atoms with van der Waals surface area (Å²) in [5.74, 6) is 7.50. The zero-order valence-electron chi connectivity index (χ0n) is 11.5. The predicted molar refractivity (Wildman–Crippen MR) is 83.5 cm³/mol. The standard InChI is InChI=1S/C14H17BrN4O/c1-3-4-10-8-13(19-16)18-14(17-10)9-5-6-12(20-2)11(15)7-9/h5-8H,3-4,16H2,1-2H3,(H,17,18,19). The number of rotatable bonds is 5. The lowest BCUT2D eigenvalue weighted by Crippen LogP contribution is -2.10. The van der Waals surface area contributed by atoms with Gasteiger partial charge in [0.05, 0.1) is 11.6 Å². The fourth-order valence-corrected chi connectivity index (χ4v) is 2.43. The van der Waals surface area contributed by atoms with Crippen LogP contribution in [0.3, 0.4) is 0 Å². The van der Waals surface area contributed by atoms with Crippen LogP contribution < -0.4 is 16.0 Å². The van der Waals surface area contributed by atoms with E-state index in [0.717, 1.165) is 34.3 Å². The summed E-state index contributed by atoms with van der Waals surface area (Å²) in [7, 11) is 1.63. The van der Waals surface area contributed by atoms with Crippen molar-refractivity contribution in [2.75, 3.05) is 12.5 Å². The number of nitrogen functional groups attached to an aromatic ring is 1. The molecule has 0 saturated heterocycles. The van der Waals surface area contributed by atoms with Crippen LogP contribution in [0.15, 0.2) is 28.7 Å².